The molecule has 1 aromatic carbocycles. The number of benzene rings is 1. The average Bonchev–Trinajstić information content (AvgIpc) is 3.25. The number of hydrogen-bond acceptors (Lipinski definition) is 5. The summed E-state index contributed by atoms with van der Waals surface area (Å²) in [5, 5.41) is 15.8. The van der Waals surface area contributed by atoms with E-state index < -0.39 is 6.29 Å². The number of ether oxygens (including phenoxy) is 2. The average molecular weight is 405 g/mol. The van der Waals surface area contributed by atoms with Gasteiger partial charge in [0, 0.05) is 25.5 Å². The zero-order chi connectivity index (χ0) is 19.8. The molecule has 0 saturated carbocycles. The highest BCUT2D eigenvalue weighted by molar-refractivity contribution is 7.08. The van der Waals surface area contributed by atoms with E-state index >= 15 is 0 Å². The van der Waals surface area contributed by atoms with Gasteiger partial charge in [-0.05, 0) is 59.0 Å². The SMILES string of the molecule is O=C(NCc1ccc(F)cc1)C1=CC(c2ccsc2)CC(OCCCCO)O1. The van der Waals surface area contributed by atoms with Gasteiger partial charge in [0.1, 0.15) is 5.82 Å². The number of amides is 1. The van der Waals surface area contributed by atoms with Crippen molar-refractivity contribution in [1.82, 2.24) is 5.32 Å². The molecule has 0 saturated heterocycles. The molecule has 0 bridgehead atoms. The number of aliphatic hydroxyl groups is 1. The molecule has 2 heterocycles. The Hall–Kier alpha value is -2.22. The van der Waals surface area contributed by atoms with Crippen molar-refractivity contribution in [2.75, 3.05) is 13.2 Å². The molecule has 28 heavy (non-hydrogen) atoms. The second-order valence-electron chi connectivity index (χ2n) is 6.59. The van der Waals surface area contributed by atoms with E-state index in [1.165, 1.54) is 12.1 Å². The normalized spacial score (nSPS) is 19.0. The number of hydrogen-bond donors (Lipinski definition) is 2. The number of thiophene rings is 1. The Bertz CT molecular complexity index is 776. The van der Waals surface area contributed by atoms with E-state index in [0.29, 0.717) is 19.4 Å². The van der Waals surface area contributed by atoms with Crippen LogP contribution in [0.15, 0.2) is 52.9 Å². The van der Waals surface area contributed by atoms with Crippen LogP contribution in [0, 0.1) is 5.82 Å². The molecule has 150 valence electrons. The highest BCUT2D eigenvalue weighted by Crippen LogP contribution is 2.32. The molecule has 1 aliphatic heterocycles. The van der Waals surface area contributed by atoms with Gasteiger partial charge < -0.3 is 19.9 Å². The van der Waals surface area contributed by atoms with E-state index in [-0.39, 0.29) is 36.6 Å². The van der Waals surface area contributed by atoms with E-state index in [4.69, 9.17) is 14.6 Å². The van der Waals surface area contributed by atoms with Crippen LogP contribution in [0.3, 0.4) is 0 Å². The Morgan fingerprint density at radius 2 is 2.11 bits per heavy atom. The third-order valence-electron chi connectivity index (χ3n) is 4.48. The van der Waals surface area contributed by atoms with Crippen LogP contribution >= 0.6 is 11.3 Å². The number of rotatable bonds is 9. The zero-order valence-corrected chi connectivity index (χ0v) is 16.3. The first-order chi connectivity index (χ1) is 13.7. The molecule has 3 rings (SSSR count). The van der Waals surface area contributed by atoms with E-state index in [1.807, 2.05) is 17.5 Å². The van der Waals surface area contributed by atoms with E-state index in [0.717, 1.165) is 17.5 Å². The number of halogens is 1. The standard InChI is InChI=1S/C21H24FNO4S/c22-18-5-3-15(4-6-18)13-23-21(25)19-11-17(16-7-10-28-14-16)12-20(27-19)26-9-2-1-8-24/h3-7,10-11,14,17,20,24H,1-2,8-9,12-13H2,(H,23,25). The number of allylic oxidation sites excluding steroid dienone is 1. The summed E-state index contributed by atoms with van der Waals surface area (Å²) in [6, 6.07) is 8.02. The first-order valence-electron chi connectivity index (χ1n) is 9.31. The van der Waals surface area contributed by atoms with Gasteiger partial charge in [-0.1, -0.05) is 12.1 Å². The molecule has 0 fully saturated rings. The second kappa shape index (κ2) is 10.4. The summed E-state index contributed by atoms with van der Waals surface area (Å²) < 4.78 is 24.6. The number of unbranched alkanes of at least 4 members (excludes halogenated alkanes) is 1. The summed E-state index contributed by atoms with van der Waals surface area (Å²) in [5.41, 5.74) is 1.93. The zero-order valence-electron chi connectivity index (χ0n) is 15.5. The number of carbonyl (C=O) groups excluding carboxylic acids is 1. The Morgan fingerprint density at radius 3 is 2.82 bits per heavy atom. The lowest BCUT2D eigenvalue weighted by atomic mass is 9.95. The largest absolute Gasteiger partial charge is 0.459 e. The lowest BCUT2D eigenvalue weighted by Gasteiger charge is -2.29. The monoisotopic (exact) mass is 405 g/mol. The van der Waals surface area contributed by atoms with Gasteiger partial charge in [-0.2, -0.15) is 11.3 Å². The van der Waals surface area contributed by atoms with Crippen molar-refractivity contribution in [1.29, 1.82) is 0 Å². The molecule has 0 spiro atoms. The summed E-state index contributed by atoms with van der Waals surface area (Å²) in [4.78, 5) is 12.6. The second-order valence-corrected chi connectivity index (χ2v) is 7.37. The van der Waals surface area contributed by atoms with Crippen molar-refractivity contribution in [3.8, 4) is 0 Å². The molecule has 0 aliphatic carbocycles. The maximum absolute atomic E-state index is 13.0. The minimum absolute atomic E-state index is 0.0365. The van der Waals surface area contributed by atoms with Crippen LogP contribution in [0.2, 0.25) is 0 Å². The molecule has 2 atom stereocenters. The van der Waals surface area contributed by atoms with E-state index in [2.05, 4.69) is 10.7 Å². The highest BCUT2D eigenvalue weighted by atomic mass is 32.1. The lowest BCUT2D eigenvalue weighted by molar-refractivity contribution is -0.146. The smallest absolute Gasteiger partial charge is 0.286 e. The van der Waals surface area contributed by atoms with Crippen molar-refractivity contribution in [2.24, 2.45) is 0 Å². The maximum Gasteiger partial charge on any atom is 0.286 e. The van der Waals surface area contributed by atoms with Gasteiger partial charge in [0.05, 0.1) is 6.61 Å². The van der Waals surface area contributed by atoms with Crippen molar-refractivity contribution in [3.05, 3.63) is 69.9 Å². The Kier molecular flexibility index (Phi) is 7.59. The van der Waals surface area contributed by atoms with Crippen molar-refractivity contribution in [3.63, 3.8) is 0 Å². The summed E-state index contributed by atoms with van der Waals surface area (Å²) in [6.45, 7) is 0.875. The molecule has 2 unspecified atom stereocenters. The maximum atomic E-state index is 13.0. The number of nitrogens with one attached hydrogen (secondary N) is 1. The van der Waals surface area contributed by atoms with Gasteiger partial charge >= 0.3 is 0 Å². The molecule has 5 nitrogen and oxygen atoms in total. The molecule has 1 aromatic heterocycles. The van der Waals surface area contributed by atoms with Crippen LogP contribution in [0.5, 0.6) is 0 Å². The van der Waals surface area contributed by atoms with Crippen LogP contribution < -0.4 is 5.32 Å². The third-order valence-corrected chi connectivity index (χ3v) is 5.18. The van der Waals surface area contributed by atoms with Crippen LogP contribution in [0.25, 0.3) is 0 Å². The van der Waals surface area contributed by atoms with Crippen molar-refractivity contribution < 1.29 is 23.8 Å². The first kappa shape index (κ1) is 20.5. The van der Waals surface area contributed by atoms with Crippen LogP contribution in [0.4, 0.5) is 4.39 Å². The fraction of sp³-hybridized carbons (Fsp3) is 0.381. The van der Waals surface area contributed by atoms with Crippen LogP contribution in [-0.2, 0) is 20.8 Å². The van der Waals surface area contributed by atoms with Crippen LogP contribution in [0.1, 0.15) is 36.3 Å². The molecule has 1 amide bonds. The first-order valence-corrected chi connectivity index (χ1v) is 10.3. The van der Waals surface area contributed by atoms with Crippen molar-refractivity contribution >= 4 is 17.2 Å². The van der Waals surface area contributed by atoms with Gasteiger partial charge in [0.15, 0.2) is 5.76 Å². The fourth-order valence-corrected chi connectivity index (χ4v) is 3.66. The molecule has 2 aromatic rings. The van der Waals surface area contributed by atoms with Crippen LogP contribution in [-0.4, -0.2) is 30.5 Å². The fourth-order valence-electron chi connectivity index (χ4n) is 2.94. The minimum atomic E-state index is -0.514. The predicted octanol–water partition coefficient (Wildman–Crippen LogP) is 3.71. The molecule has 1 aliphatic rings. The van der Waals surface area contributed by atoms with Gasteiger partial charge in [-0.25, -0.2) is 4.39 Å². The van der Waals surface area contributed by atoms with Gasteiger partial charge in [-0.15, -0.1) is 0 Å². The number of carbonyl (C=O) groups is 1. The van der Waals surface area contributed by atoms with Crippen molar-refractivity contribution in [2.45, 2.75) is 38.0 Å². The molecular weight excluding hydrogens is 381 g/mol. The summed E-state index contributed by atoms with van der Waals surface area (Å²) in [6.07, 6.45) is 3.34. The lowest BCUT2D eigenvalue weighted by Crippen LogP contribution is -2.32. The topological polar surface area (TPSA) is 67.8 Å². The Balaban J connectivity index is 1.63. The quantitative estimate of drug-likeness (QED) is 0.624. The molecule has 7 heteroatoms. The Labute approximate surface area is 167 Å². The van der Waals surface area contributed by atoms with Gasteiger partial charge in [0.25, 0.3) is 5.91 Å². The molecule has 0 radical (unpaired) electrons. The summed E-state index contributed by atoms with van der Waals surface area (Å²) in [7, 11) is 0. The minimum Gasteiger partial charge on any atom is -0.459 e. The van der Waals surface area contributed by atoms with Gasteiger partial charge in [-0.3, -0.25) is 4.79 Å². The highest BCUT2D eigenvalue weighted by Gasteiger charge is 2.28. The van der Waals surface area contributed by atoms with E-state index in [1.54, 1.807) is 23.5 Å². The van der Waals surface area contributed by atoms with Gasteiger partial charge in [0.2, 0.25) is 6.29 Å². The van der Waals surface area contributed by atoms with E-state index in [9.17, 15) is 9.18 Å². The molecule has 2 N–H and O–H groups in total. The number of aliphatic hydroxyl groups excluding tert-OH is 1. The molecular formula is C21H24FNO4S. The Morgan fingerprint density at radius 1 is 1.29 bits per heavy atom. The summed E-state index contributed by atoms with van der Waals surface area (Å²) >= 11 is 1.61. The third kappa shape index (κ3) is 5.89. The summed E-state index contributed by atoms with van der Waals surface area (Å²) in [5.74, 6) is -0.368. The predicted molar refractivity (Wildman–Crippen MR) is 105 cm³/mol.